The van der Waals surface area contributed by atoms with Crippen molar-refractivity contribution in [3.8, 4) is 0 Å². The summed E-state index contributed by atoms with van der Waals surface area (Å²) in [5.74, 6) is 2.52. The van der Waals surface area contributed by atoms with E-state index in [9.17, 15) is 4.79 Å². The highest BCUT2D eigenvalue weighted by Crippen LogP contribution is 2.27. The summed E-state index contributed by atoms with van der Waals surface area (Å²) in [6.45, 7) is 8.26. The van der Waals surface area contributed by atoms with Gasteiger partial charge < -0.3 is 15.5 Å². The van der Waals surface area contributed by atoms with Gasteiger partial charge in [0.1, 0.15) is 6.54 Å². The van der Waals surface area contributed by atoms with Crippen LogP contribution in [0.2, 0.25) is 0 Å². The molecule has 2 N–H and O–H groups in total. The van der Waals surface area contributed by atoms with Gasteiger partial charge in [0.25, 0.3) is 0 Å². The first-order valence-corrected chi connectivity index (χ1v) is 8.99. The molecule has 1 saturated carbocycles. The average molecular weight is 436 g/mol. The van der Waals surface area contributed by atoms with E-state index < -0.39 is 0 Å². The monoisotopic (exact) mass is 436 g/mol. The van der Waals surface area contributed by atoms with Crippen LogP contribution in [0.25, 0.3) is 0 Å². The Balaban J connectivity index is 0.00000264. The Bertz CT molecular complexity index is 383. The Labute approximate surface area is 158 Å². The van der Waals surface area contributed by atoms with Gasteiger partial charge in [-0.3, -0.25) is 4.79 Å². The van der Waals surface area contributed by atoms with Crippen LogP contribution in [0.15, 0.2) is 4.99 Å². The highest BCUT2D eigenvalue weighted by molar-refractivity contribution is 14.0. The van der Waals surface area contributed by atoms with Gasteiger partial charge in [-0.2, -0.15) is 0 Å². The predicted octanol–water partition coefficient (Wildman–Crippen LogP) is 2.61. The molecule has 6 heteroatoms. The molecule has 2 aliphatic rings. The van der Waals surface area contributed by atoms with Gasteiger partial charge in [0.2, 0.25) is 5.91 Å². The number of carbonyl (C=O) groups excluding carboxylic acids is 1. The van der Waals surface area contributed by atoms with Gasteiger partial charge in [0.05, 0.1) is 0 Å². The zero-order valence-corrected chi connectivity index (χ0v) is 17.0. The molecular formula is C17H33IN4O. The molecule has 134 valence electrons. The lowest BCUT2D eigenvalue weighted by Crippen LogP contribution is -2.41. The Hall–Kier alpha value is -0.530. The lowest BCUT2D eigenvalue weighted by Gasteiger charge is -2.27. The standard InChI is InChI=1S/C17H32N4O.HI/c1-3-18-17(19-12-15-8-6-7-14(2)11-15)20-13-16(22)21-9-4-5-10-21;/h14-15H,3-13H2,1-2H3,(H2,18,19,20);1H. The first-order chi connectivity index (χ1) is 10.7. The highest BCUT2D eigenvalue weighted by atomic mass is 127. The minimum absolute atomic E-state index is 0. The van der Waals surface area contributed by atoms with Gasteiger partial charge in [-0.25, -0.2) is 4.99 Å². The van der Waals surface area contributed by atoms with Crippen molar-refractivity contribution in [1.82, 2.24) is 15.5 Å². The molecule has 2 fully saturated rings. The Kier molecular flexibility index (Phi) is 9.90. The third-order valence-electron chi connectivity index (χ3n) is 4.78. The lowest BCUT2D eigenvalue weighted by atomic mass is 9.82. The third kappa shape index (κ3) is 7.27. The van der Waals surface area contributed by atoms with Crippen molar-refractivity contribution in [1.29, 1.82) is 0 Å². The van der Waals surface area contributed by atoms with E-state index in [1.165, 1.54) is 25.7 Å². The Morgan fingerprint density at radius 2 is 1.91 bits per heavy atom. The largest absolute Gasteiger partial charge is 0.357 e. The molecule has 1 aliphatic carbocycles. The zero-order chi connectivity index (χ0) is 15.8. The number of hydrogen-bond donors (Lipinski definition) is 2. The number of aliphatic imine (C=N–C) groups is 1. The summed E-state index contributed by atoms with van der Waals surface area (Å²) >= 11 is 0. The van der Waals surface area contributed by atoms with Crippen LogP contribution in [0.1, 0.15) is 52.4 Å². The molecule has 2 atom stereocenters. The minimum atomic E-state index is 0. The van der Waals surface area contributed by atoms with Crippen molar-refractivity contribution in [2.45, 2.75) is 52.4 Å². The molecule has 0 spiro atoms. The number of nitrogens with zero attached hydrogens (tertiary/aromatic N) is 2. The van der Waals surface area contributed by atoms with Gasteiger partial charge in [-0.15, -0.1) is 24.0 Å². The van der Waals surface area contributed by atoms with E-state index in [0.29, 0.717) is 0 Å². The number of halogens is 1. The van der Waals surface area contributed by atoms with Crippen molar-refractivity contribution in [2.75, 3.05) is 32.7 Å². The van der Waals surface area contributed by atoms with Crippen molar-refractivity contribution < 1.29 is 4.79 Å². The molecule has 2 rings (SSSR count). The number of carbonyl (C=O) groups is 1. The second kappa shape index (κ2) is 11.1. The Morgan fingerprint density at radius 1 is 1.17 bits per heavy atom. The second-order valence-corrected chi connectivity index (χ2v) is 6.80. The van der Waals surface area contributed by atoms with E-state index in [1.54, 1.807) is 0 Å². The molecule has 0 aromatic heterocycles. The predicted molar refractivity (Wildman–Crippen MR) is 106 cm³/mol. The lowest BCUT2D eigenvalue weighted by molar-refractivity contribution is -0.128. The number of rotatable bonds is 5. The molecule has 5 nitrogen and oxygen atoms in total. The topological polar surface area (TPSA) is 56.7 Å². The SMILES string of the molecule is CCNC(=NCC(=O)N1CCCC1)NCC1CCCC(C)C1.I. The molecule has 2 unspecified atom stereocenters. The highest BCUT2D eigenvalue weighted by Gasteiger charge is 2.19. The summed E-state index contributed by atoms with van der Waals surface area (Å²) < 4.78 is 0. The summed E-state index contributed by atoms with van der Waals surface area (Å²) in [6, 6.07) is 0. The molecule has 1 amide bonds. The summed E-state index contributed by atoms with van der Waals surface area (Å²) in [5, 5.41) is 6.67. The second-order valence-electron chi connectivity index (χ2n) is 6.80. The van der Waals surface area contributed by atoms with E-state index in [2.05, 4.69) is 29.5 Å². The van der Waals surface area contributed by atoms with Gasteiger partial charge >= 0.3 is 0 Å². The number of amides is 1. The fourth-order valence-electron chi connectivity index (χ4n) is 3.54. The summed E-state index contributed by atoms with van der Waals surface area (Å²) in [5.41, 5.74) is 0. The molecule has 0 bridgehead atoms. The first-order valence-electron chi connectivity index (χ1n) is 8.99. The molecule has 0 aromatic carbocycles. The number of nitrogens with one attached hydrogen (secondary N) is 2. The van der Waals surface area contributed by atoms with Gasteiger partial charge in [-0.05, 0) is 44.4 Å². The molecule has 1 aliphatic heterocycles. The van der Waals surface area contributed by atoms with E-state index >= 15 is 0 Å². The average Bonchev–Trinajstić information content (AvgIpc) is 3.04. The van der Waals surface area contributed by atoms with E-state index in [1.807, 2.05) is 4.90 Å². The minimum Gasteiger partial charge on any atom is -0.357 e. The maximum atomic E-state index is 12.1. The van der Waals surface area contributed by atoms with Crippen LogP contribution < -0.4 is 10.6 Å². The molecule has 0 aromatic rings. The fraction of sp³-hybridized carbons (Fsp3) is 0.882. The van der Waals surface area contributed by atoms with Crippen LogP contribution >= 0.6 is 24.0 Å². The summed E-state index contributed by atoms with van der Waals surface area (Å²) in [6.07, 6.45) is 7.59. The normalized spacial score (nSPS) is 25.0. The van der Waals surface area contributed by atoms with Crippen LogP contribution in [0.5, 0.6) is 0 Å². The summed E-state index contributed by atoms with van der Waals surface area (Å²) in [7, 11) is 0. The van der Waals surface area contributed by atoms with Crippen molar-refractivity contribution in [3.63, 3.8) is 0 Å². The van der Waals surface area contributed by atoms with Crippen LogP contribution in [0, 0.1) is 11.8 Å². The van der Waals surface area contributed by atoms with Crippen molar-refractivity contribution in [2.24, 2.45) is 16.8 Å². The zero-order valence-electron chi connectivity index (χ0n) is 14.6. The van der Waals surface area contributed by atoms with Crippen LogP contribution in [0.4, 0.5) is 0 Å². The quantitative estimate of drug-likeness (QED) is 0.396. The van der Waals surface area contributed by atoms with E-state index in [0.717, 1.165) is 56.8 Å². The van der Waals surface area contributed by atoms with E-state index in [-0.39, 0.29) is 36.4 Å². The van der Waals surface area contributed by atoms with Crippen LogP contribution in [0.3, 0.4) is 0 Å². The number of hydrogen-bond acceptors (Lipinski definition) is 2. The molecular weight excluding hydrogens is 403 g/mol. The van der Waals surface area contributed by atoms with Crippen LogP contribution in [-0.2, 0) is 4.79 Å². The Morgan fingerprint density at radius 3 is 2.57 bits per heavy atom. The van der Waals surface area contributed by atoms with Crippen LogP contribution in [-0.4, -0.2) is 49.5 Å². The van der Waals surface area contributed by atoms with Crippen molar-refractivity contribution in [3.05, 3.63) is 0 Å². The summed E-state index contributed by atoms with van der Waals surface area (Å²) in [4.78, 5) is 18.5. The van der Waals surface area contributed by atoms with Gasteiger partial charge in [-0.1, -0.05) is 19.8 Å². The molecule has 0 radical (unpaired) electrons. The third-order valence-corrected chi connectivity index (χ3v) is 4.78. The van der Waals surface area contributed by atoms with Crippen molar-refractivity contribution >= 4 is 35.8 Å². The molecule has 1 heterocycles. The van der Waals surface area contributed by atoms with Gasteiger partial charge in [0.15, 0.2) is 5.96 Å². The molecule has 1 saturated heterocycles. The number of likely N-dealkylation sites (tertiary alicyclic amines) is 1. The fourth-order valence-corrected chi connectivity index (χ4v) is 3.54. The van der Waals surface area contributed by atoms with Gasteiger partial charge in [0, 0.05) is 26.2 Å². The maximum absolute atomic E-state index is 12.1. The van der Waals surface area contributed by atoms with E-state index in [4.69, 9.17) is 0 Å². The smallest absolute Gasteiger partial charge is 0.244 e. The molecule has 23 heavy (non-hydrogen) atoms. The number of guanidine groups is 1. The maximum Gasteiger partial charge on any atom is 0.244 e. The first kappa shape index (κ1) is 20.5.